The van der Waals surface area contributed by atoms with E-state index in [-0.39, 0.29) is 5.12 Å². The SMILES string of the molecule is CCC1=NSC(=O)CCC1. The van der Waals surface area contributed by atoms with Gasteiger partial charge in [0, 0.05) is 24.1 Å². The van der Waals surface area contributed by atoms with Crippen molar-refractivity contribution in [3.05, 3.63) is 0 Å². The normalized spacial score (nSPS) is 20.1. The molecule has 10 heavy (non-hydrogen) atoms. The Morgan fingerprint density at radius 3 is 3.10 bits per heavy atom. The standard InChI is InChI=1S/C7H11NOS/c1-2-6-4-3-5-7(9)10-8-6/h2-5H2,1H3. The van der Waals surface area contributed by atoms with E-state index in [9.17, 15) is 4.79 Å². The summed E-state index contributed by atoms with van der Waals surface area (Å²) < 4.78 is 4.11. The molecule has 1 aliphatic rings. The van der Waals surface area contributed by atoms with Crippen molar-refractivity contribution in [3.8, 4) is 0 Å². The van der Waals surface area contributed by atoms with Gasteiger partial charge in [0.05, 0.1) is 0 Å². The van der Waals surface area contributed by atoms with Gasteiger partial charge in [0.2, 0.25) is 5.12 Å². The molecule has 0 unspecified atom stereocenters. The lowest BCUT2D eigenvalue weighted by Gasteiger charge is -1.94. The average molecular weight is 157 g/mol. The van der Waals surface area contributed by atoms with Crippen LogP contribution in [-0.4, -0.2) is 10.8 Å². The summed E-state index contributed by atoms with van der Waals surface area (Å²) in [5.74, 6) is 0. The third-order valence-corrected chi connectivity index (χ3v) is 2.29. The molecule has 2 nitrogen and oxygen atoms in total. The molecule has 1 aliphatic heterocycles. The van der Waals surface area contributed by atoms with Gasteiger partial charge in [-0.25, -0.2) is 4.40 Å². The first-order valence-electron chi connectivity index (χ1n) is 3.58. The summed E-state index contributed by atoms with van der Waals surface area (Å²) in [7, 11) is 0. The van der Waals surface area contributed by atoms with Crippen molar-refractivity contribution in [1.29, 1.82) is 0 Å². The van der Waals surface area contributed by atoms with E-state index in [1.54, 1.807) is 0 Å². The van der Waals surface area contributed by atoms with Gasteiger partial charge in [0.1, 0.15) is 0 Å². The van der Waals surface area contributed by atoms with Gasteiger partial charge in [-0.15, -0.1) is 0 Å². The maximum Gasteiger partial charge on any atom is 0.211 e. The Kier molecular flexibility index (Phi) is 2.93. The molecule has 0 spiro atoms. The monoisotopic (exact) mass is 157 g/mol. The van der Waals surface area contributed by atoms with Crippen LogP contribution in [0, 0.1) is 0 Å². The Balaban J connectivity index is 2.51. The van der Waals surface area contributed by atoms with Crippen LogP contribution < -0.4 is 0 Å². The first-order chi connectivity index (χ1) is 4.83. The summed E-state index contributed by atoms with van der Waals surface area (Å²) in [6.07, 6.45) is 3.67. The van der Waals surface area contributed by atoms with Gasteiger partial charge < -0.3 is 0 Å². The Hall–Kier alpha value is -0.310. The maximum atomic E-state index is 10.8. The summed E-state index contributed by atoms with van der Waals surface area (Å²) >= 11 is 1.12. The van der Waals surface area contributed by atoms with Crippen LogP contribution >= 0.6 is 11.9 Å². The van der Waals surface area contributed by atoms with Crippen LogP contribution in [0.3, 0.4) is 0 Å². The second kappa shape index (κ2) is 3.76. The predicted molar refractivity (Wildman–Crippen MR) is 44.2 cm³/mol. The van der Waals surface area contributed by atoms with E-state index in [4.69, 9.17) is 0 Å². The Bertz CT molecular complexity index is 165. The van der Waals surface area contributed by atoms with E-state index in [1.165, 1.54) is 5.71 Å². The molecular formula is C7H11NOS. The molecule has 0 fully saturated rings. The summed E-state index contributed by atoms with van der Waals surface area (Å²) in [6, 6.07) is 0. The minimum atomic E-state index is 0.212. The molecule has 0 amide bonds. The largest absolute Gasteiger partial charge is 0.285 e. The van der Waals surface area contributed by atoms with Crippen LogP contribution in [0.1, 0.15) is 32.6 Å². The highest BCUT2D eigenvalue weighted by Crippen LogP contribution is 2.17. The van der Waals surface area contributed by atoms with Gasteiger partial charge in [-0.2, -0.15) is 0 Å². The second-order valence-electron chi connectivity index (χ2n) is 2.33. The summed E-state index contributed by atoms with van der Waals surface area (Å²) in [5, 5.41) is 0.212. The van der Waals surface area contributed by atoms with Gasteiger partial charge in [-0.05, 0) is 19.3 Å². The lowest BCUT2D eigenvalue weighted by molar-refractivity contribution is -0.111. The van der Waals surface area contributed by atoms with Gasteiger partial charge in [0.25, 0.3) is 0 Å². The first kappa shape index (κ1) is 7.79. The topological polar surface area (TPSA) is 29.4 Å². The molecule has 0 aromatic heterocycles. The fourth-order valence-electron chi connectivity index (χ4n) is 0.885. The van der Waals surface area contributed by atoms with E-state index < -0.39 is 0 Å². The van der Waals surface area contributed by atoms with Crippen LogP contribution in [0.5, 0.6) is 0 Å². The molecule has 0 bridgehead atoms. The molecule has 0 radical (unpaired) electrons. The summed E-state index contributed by atoms with van der Waals surface area (Å²) in [4.78, 5) is 10.8. The first-order valence-corrected chi connectivity index (χ1v) is 4.36. The van der Waals surface area contributed by atoms with E-state index in [2.05, 4.69) is 11.3 Å². The zero-order valence-electron chi connectivity index (χ0n) is 6.09. The maximum absolute atomic E-state index is 10.8. The van der Waals surface area contributed by atoms with Crippen molar-refractivity contribution >= 4 is 22.8 Å². The molecular weight excluding hydrogens is 146 g/mol. The zero-order valence-corrected chi connectivity index (χ0v) is 6.91. The third-order valence-electron chi connectivity index (χ3n) is 1.53. The number of hydrogen-bond acceptors (Lipinski definition) is 3. The molecule has 56 valence electrons. The smallest absolute Gasteiger partial charge is 0.211 e. The van der Waals surface area contributed by atoms with E-state index in [0.717, 1.165) is 31.2 Å². The summed E-state index contributed by atoms with van der Waals surface area (Å²) in [5.41, 5.74) is 1.18. The highest BCUT2D eigenvalue weighted by atomic mass is 32.2. The number of carbonyl (C=O) groups is 1. The van der Waals surface area contributed by atoms with Gasteiger partial charge >= 0.3 is 0 Å². The van der Waals surface area contributed by atoms with E-state index in [0.29, 0.717) is 6.42 Å². The van der Waals surface area contributed by atoms with Crippen LogP contribution in [0.15, 0.2) is 4.40 Å². The molecule has 0 N–H and O–H groups in total. The zero-order chi connectivity index (χ0) is 7.40. The van der Waals surface area contributed by atoms with Crippen LogP contribution in [0.2, 0.25) is 0 Å². The van der Waals surface area contributed by atoms with E-state index in [1.807, 2.05) is 0 Å². The van der Waals surface area contributed by atoms with Crippen molar-refractivity contribution in [1.82, 2.24) is 0 Å². The highest BCUT2D eigenvalue weighted by Gasteiger charge is 2.08. The Labute approximate surface area is 65.2 Å². The van der Waals surface area contributed by atoms with Gasteiger partial charge in [-0.1, -0.05) is 6.92 Å². The fourth-order valence-corrected chi connectivity index (χ4v) is 1.57. The quantitative estimate of drug-likeness (QED) is 0.546. The lowest BCUT2D eigenvalue weighted by atomic mass is 10.1. The number of nitrogens with zero attached hydrogens (tertiary/aromatic N) is 1. The van der Waals surface area contributed by atoms with Crippen molar-refractivity contribution in [2.75, 3.05) is 0 Å². The van der Waals surface area contributed by atoms with E-state index >= 15 is 0 Å². The molecule has 0 aliphatic carbocycles. The molecule has 1 heterocycles. The van der Waals surface area contributed by atoms with Crippen molar-refractivity contribution in [3.63, 3.8) is 0 Å². The predicted octanol–water partition coefficient (Wildman–Crippen LogP) is 2.20. The number of carbonyl (C=O) groups excluding carboxylic acids is 1. The molecule has 0 aromatic carbocycles. The molecule has 0 saturated heterocycles. The average Bonchev–Trinajstić information content (AvgIpc) is 2.14. The van der Waals surface area contributed by atoms with Gasteiger partial charge in [-0.3, -0.25) is 4.79 Å². The third kappa shape index (κ3) is 2.14. The number of hydrogen-bond donors (Lipinski definition) is 0. The van der Waals surface area contributed by atoms with Crippen molar-refractivity contribution in [2.45, 2.75) is 32.6 Å². The molecule has 0 saturated carbocycles. The van der Waals surface area contributed by atoms with Crippen LogP contribution in [-0.2, 0) is 4.79 Å². The molecule has 0 aromatic rings. The second-order valence-corrected chi connectivity index (χ2v) is 3.15. The number of rotatable bonds is 1. The highest BCUT2D eigenvalue weighted by molar-refractivity contribution is 8.12. The fraction of sp³-hybridized carbons (Fsp3) is 0.714. The van der Waals surface area contributed by atoms with Crippen LogP contribution in [0.4, 0.5) is 0 Å². The summed E-state index contributed by atoms with van der Waals surface area (Å²) in [6.45, 7) is 2.08. The minimum Gasteiger partial charge on any atom is -0.285 e. The molecule has 3 heteroatoms. The molecule has 0 atom stereocenters. The Morgan fingerprint density at radius 1 is 1.60 bits per heavy atom. The Morgan fingerprint density at radius 2 is 2.40 bits per heavy atom. The molecule has 1 rings (SSSR count). The van der Waals surface area contributed by atoms with Crippen molar-refractivity contribution in [2.24, 2.45) is 4.40 Å². The van der Waals surface area contributed by atoms with Gasteiger partial charge in [0.15, 0.2) is 0 Å². The van der Waals surface area contributed by atoms with Crippen LogP contribution in [0.25, 0.3) is 0 Å². The minimum absolute atomic E-state index is 0.212. The van der Waals surface area contributed by atoms with Crippen molar-refractivity contribution < 1.29 is 4.79 Å². The lowest BCUT2D eigenvalue weighted by Crippen LogP contribution is -1.92.